The van der Waals surface area contributed by atoms with Crippen LogP contribution in [0.3, 0.4) is 0 Å². The molecule has 3 nitrogen and oxygen atoms in total. The average molecular weight is 277 g/mol. The number of hydrogen-bond acceptors (Lipinski definition) is 2. The highest BCUT2D eigenvalue weighted by atomic mass is 35.5. The van der Waals surface area contributed by atoms with Crippen molar-refractivity contribution in [2.45, 2.75) is 59.4 Å². The van der Waals surface area contributed by atoms with Crippen LogP contribution in [0.4, 0.5) is 0 Å². The van der Waals surface area contributed by atoms with Crippen LogP contribution in [0.1, 0.15) is 53.4 Å². The number of nitrogens with one attached hydrogen (secondary N) is 2. The molecule has 1 amide bonds. The lowest BCUT2D eigenvalue weighted by molar-refractivity contribution is -0.122. The largest absolute Gasteiger partial charge is 0.353 e. The van der Waals surface area contributed by atoms with Gasteiger partial charge in [-0.3, -0.25) is 4.79 Å². The van der Waals surface area contributed by atoms with Gasteiger partial charge in [0.2, 0.25) is 5.91 Å². The number of rotatable bonds is 4. The number of halogens is 1. The van der Waals surface area contributed by atoms with Gasteiger partial charge in [-0.05, 0) is 37.1 Å². The highest BCUT2D eigenvalue weighted by Gasteiger charge is 2.38. The summed E-state index contributed by atoms with van der Waals surface area (Å²) >= 11 is 0. The molecule has 1 rings (SSSR count). The smallest absolute Gasteiger partial charge is 0.221 e. The molecule has 1 fully saturated rings. The summed E-state index contributed by atoms with van der Waals surface area (Å²) in [7, 11) is 1.88. The third-order valence-corrected chi connectivity index (χ3v) is 3.52. The van der Waals surface area contributed by atoms with Crippen molar-refractivity contribution in [2.24, 2.45) is 10.8 Å². The van der Waals surface area contributed by atoms with Gasteiger partial charge in [0.25, 0.3) is 0 Å². The number of carbonyl (C=O) groups is 1. The lowest BCUT2D eigenvalue weighted by atomic mass is 9.63. The molecule has 0 unspecified atom stereocenters. The summed E-state index contributed by atoms with van der Waals surface area (Å²) in [6.45, 7) is 9.98. The van der Waals surface area contributed by atoms with Crippen molar-refractivity contribution < 1.29 is 4.79 Å². The lowest BCUT2D eigenvalue weighted by Gasteiger charge is -2.45. The third kappa shape index (κ3) is 6.05. The number of amides is 1. The fourth-order valence-corrected chi connectivity index (χ4v) is 3.49. The number of hydrogen-bond donors (Lipinski definition) is 2. The molecular formula is C14H29ClN2O. The van der Waals surface area contributed by atoms with E-state index in [0.717, 1.165) is 19.4 Å². The Morgan fingerprint density at radius 2 is 1.67 bits per heavy atom. The second kappa shape index (κ2) is 6.76. The van der Waals surface area contributed by atoms with E-state index in [9.17, 15) is 4.79 Å². The Balaban J connectivity index is 0.00000289. The van der Waals surface area contributed by atoms with Crippen LogP contribution in [-0.2, 0) is 4.79 Å². The molecule has 0 atom stereocenters. The molecule has 108 valence electrons. The third-order valence-electron chi connectivity index (χ3n) is 3.52. The van der Waals surface area contributed by atoms with Crippen LogP contribution in [0, 0.1) is 10.8 Å². The first kappa shape index (κ1) is 17.7. The molecule has 0 heterocycles. The van der Waals surface area contributed by atoms with Crippen LogP contribution in [0.25, 0.3) is 0 Å². The minimum Gasteiger partial charge on any atom is -0.353 e. The molecule has 1 aliphatic rings. The lowest BCUT2D eigenvalue weighted by Crippen LogP contribution is -2.46. The van der Waals surface area contributed by atoms with Gasteiger partial charge in [-0.1, -0.05) is 27.7 Å². The topological polar surface area (TPSA) is 41.1 Å². The van der Waals surface area contributed by atoms with Gasteiger partial charge in [-0.15, -0.1) is 12.4 Å². The Bertz CT molecular complexity index is 261. The zero-order chi connectivity index (χ0) is 13.1. The van der Waals surface area contributed by atoms with E-state index in [4.69, 9.17) is 0 Å². The molecule has 0 aromatic carbocycles. The molecule has 4 heteroatoms. The molecule has 0 aliphatic heterocycles. The molecule has 0 bridgehead atoms. The quantitative estimate of drug-likeness (QED) is 0.829. The predicted molar refractivity (Wildman–Crippen MR) is 79.1 cm³/mol. The maximum absolute atomic E-state index is 11.7. The van der Waals surface area contributed by atoms with E-state index >= 15 is 0 Å². The molecule has 0 saturated heterocycles. The highest BCUT2D eigenvalue weighted by Crippen LogP contribution is 2.45. The van der Waals surface area contributed by atoms with Crippen molar-refractivity contribution in [1.29, 1.82) is 0 Å². The average Bonchev–Trinajstić information content (AvgIpc) is 2.09. The Labute approximate surface area is 118 Å². The van der Waals surface area contributed by atoms with Crippen molar-refractivity contribution in [3.05, 3.63) is 0 Å². The Hall–Kier alpha value is -0.280. The van der Waals surface area contributed by atoms with Crippen molar-refractivity contribution in [3.8, 4) is 0 Å². The normalized spacial score (nSPS) is 22.1. The standard InChI is InChI=1S/C14H28N2O.ClH/c1-13(2)8-11(9-14(3,4)10-13)16-12(17)6-7-15-5;/h11,15H,6-10H2,1-5H3,(H,16,17);1H. The first-order valence-corrected chi connectivity index (χ1v) is 6.68. The van der Waals surface area contributed by atoms with E-state index < -0.39 is 0 Å². The monoisotopic (exact) mass is 276 g/mol. The number of carbonyl (C=O) groups excluding carboxylic acids is 1. The minimum absolute atomic E-state index is 0. The van der Waals surface area contributed by atoms with Crippen LogP contribution in [0.2, 0.25) is 0 Å². The molecule has 1 saturated carbocycles. The van der Waals surface area contributed by atoms with Crippen molar-refractivity contribution >= 4 is 18.3 Å². The van der Waals surface area contributed by atoms with Gasteiger partial charge in [-0.2, -0.15) is 0 Å². The SMILES string of the molecule is CNCCC(=O)NC1CC(C)(C)CC(C)(C)C1.Cl. The van der Waals surface area contributed by atoms with Crippen LogP contribution in [0.5, 0.6) is 0 Å². The van der Waals surface area contributed by atoms with Crippen LogP contribution in [0.15, 0.2) is 0 Å². The fraction of sp³-hybridized carbons (Fsp3) is 0.929. The zero-order valence-corrected chi connectivity index (χ0v) is 13.2. The summed E-state index contributed by atoms with van der Waals surface area (Å²) in [5.41, 5.74) is 0.672. The maximum Gasteiger partial charge on any atom is 0.221 e. The summed E-state index contributed by atoms with van der Waals surface area (Å²) in [4.78, 5) is 11.7. The first-order valence-electron chi connectivity index (χ1n) is 6.68. The summed E-state index contributed by atoms with van der Waals surface area (Å²) in [5, 5.41) is 6.19. The summed E-state index contributed by atoms with van der Waals surface area (Å²) in [6, 6.07) is 0.345. The van der Waals surface area contributed by atoms with E-state index in [1.165, 1.54) is 6.42 Å². The molecule has 18 heavy (non-hydrogen) atoms. The molecule has 0 aromatic heterocycles. The second-order valence-electron chi connectivity index (χ2n) is 7.03. The van der Waals surface area contributed by atoms with Gasteiger partial charge in [0, 0.05) is 19.0 Å². The van der Waals surface area contributed by atoms with Crippen molar-refractivity contribution in [3.63, 3.8) is 0 Å². The molecular weight excluding hydrogens is 248 g/mol. The van der Waals surface area contributed by atoms with E-state index in [-0.39, 0.29) is 18.3 Å². The van der Waals surface area contributed by atoms with Gasteiger partial charge in [0.1, 0.15) is 0 Å². The van der Waals surface area contributed by atoms with Gasteiger partial charge in [0.15, 0.2) is 0 Å². The molecule has 0 aromatic rings. The fourth-order valence-electron chi connectivity index (χ4n) is 3.49. The highest BCUT2D eigenvalue weighted by molar-refractivity contribution is 5.85. The second-order valence-corrected chi connectivity index (χ2v) is 7.03. The van der Waals surface area contributed by atoms with Crippen molar-refractivity contribution in [2.75, 3.05) is 13.6 Å². The van der Waals surface area contributed by atoms with Crippen molar-refractivity contribution in [1.82, 2.24) is 10.6 Å². The van der Waals surface area contributed by atoms with Crippen LogP contribution < -0.4 is 10.6 Å². The predicted octanol–water partition coefficient (Wildman–Crippen LogP) is 2.74. The van der Waals surface area contributed by atoms with Crippen LogP contribution >= 0.6 is 12.4 Å². The van der Waals surface area contributed by atoms with Gasteiger partial charge in [0.05, 0.1) is 0 Å². The van der Waals surface area contributed by atoms with E-state index in [1.54, 1.807) is 0 Å². The van der Waals surface area contributed by atoms with Crippen LogP contribution in [-0.4, -0.2) is 25.5 Å². The summed E-state index contributed by atoms with van der Waals surface area (Å²) in [6.07, 6.45) is 4.01. The summed E-state index contributed by atoms with van der Waals surface area (Å²) in [5.74, 6) is 0.179. The van der Waals surface area contributed by atoms with E-state index in [2.05, 4.69) is 38.3 Å². The van der Waals surface area contributed by atoms with Gasteiger partial charge in [-0.25, -0.2) is 0 Å². The zero-order valence-electron chi connectivity index (χ0n) is 12.4. The first-order chi connectivity index (χ1) is 7.74. The molecule has 2 N–H and O–H groups in total. The Morgan fingerprint density at radius 1 is 1.17 bits per heavy atom. The molecule has 1 aliphatic carbocycles. The molecule has 0 spiro atoms. The minimum atomic E-state index is 0. The molecule has 0 radical (unpaired) electrons. The Morgan fingerprint density at radius 3 is 2.11 bits per heavy atom. The maximum atomic E-state index is 11.7. The van der Waals surface area contributed by atoms with Gasteiger partial charge < -0.3 is 10.6 Å². The van der Waals surface area contributed by atoms with Gasteiger partial charge >= 0.3 is 0 Å². The van der Waals surface area contributed by atoms with E-state index in [1.807, 2.05) is 7.05 Å². The summed E-state index contributed by atoms with van der Waals surface area (Å²) < 4.78 is 0. The Kier molecular flexibility index (Phi) is 6.66. The van der Waals surface area contributed by atoms with E-state index in [0.29, 0.717) is 23.3 Å².